The van der Waals surface area contributed by atoms with Gasteiger partial charge in [-0.05, 0) is 25.4 Å². The molecular formula is C8H16N4OS. The maximum absolute atomic E-state index is 5.68. The Morgan fingerprint density at radius 2 is 2.14 bits per heavy atom. The van der Waals surface area contributed by atoms with Crippen molar-refractivity contribution in [2.45, 2.75) is 20.0 Å². The molecule has 80 valence electrons. The van der Waals surface area contributed by atoms with Crippen LogP contribution in [-0.4, -0.2) is 29.6 Å². The molecule has 0 fully saturated rings. The number of rotatable bonds is 4. The fourth-order valence-corrected chi connectivity index (χ4v) is 1.65. The first-order valence-corrected chi connectivity index (χ1v) is 5.13. The summed E-state index contributed by atoms with van der Waals surface area (Å²) in [6.07, 6.45) is 0.0939. The Balaban J connectivity index is 2.82. The van der Waals surface area contributed by atoms with Gasteiger partial charge in [0.15, 0.2) is 16.6 Å². The van der Waals surface area contributed by atoms with E-state index in [9.17, 15) is 0 Å². The van der Waals surface area contributed by atoms with E-state index in [1.165, 1.54) is 11.5 Å². The van der Waals surface area contributed by atoms with Gasteiger partial charge in [0.2, 0.25) is 0 Å². The molecule has 0 saturated heterocycles. The van der Waals surface area contributed by atoms with Crippen LogP contribution in [0.25, 0.3) is 0 Å². The fraction of sp³-hybridized carbons (Fsp3) is 0.625. The minimum atomic E-state index is 0.0939. The van der Waals surface area contributed by atoms with E-state index >= 15 is 0 Å². The summed E-state index contributed by atoms with van der Waals surface area (Å²) in [6, 6.07) is 0. The number of nitrogen functional groups attached to an aromatic ring is 1. The van der Waals surface area contributed by atoms with Gasteiger partial charge >= 0.3 is 0 Å². The van der Waals surface area contributed by atoms with E-state index in [1.807, 2.05) is 33.0 Å². The van der Waals surface area contributed by atoms with Crippen molar-refractivity contribution >= 4 is 22.4 Å². The van der Waals surface area contributed by atoms with Crippen LogP contribution in [0.15, 0.2) is 0 Å². The monoisotopic (exact) mass is 216 g/mol. The van der Waals surface area contributed by atoms with Gasteiger partial charge in [0.25, 0.3) is 0 Å². The van der Waals surface area contributed by atoms with Gasteiger partial charge in [-0.15, -0.1) is 0 Å². The SMILES string of the molecule is CC(C)Oc1c(N)nsc1NN(C)C. The van der Waals surface area contributed by atoms with E-state index in [0.29, 0.717) is 11.6 Å². The second-order valence-corrected chi connectivity index (χ2v) is 4.17. The Morgan fingerprint density at radius 1 is 1.50 bits per heavy atom. The first-order valence-electron chi connectivity index (χ1n) is 4.36. The van der Waals surface area contributed by atoms with Gasteiger partial charge in [0.05, 0.1) is 6.10 Å². The Bertz CT molecular complexity index is 298. The molecule has 14 heavy (non-hydrogen) atoms. The van der Waals surface area contributed by atoms with E-state index in [1.54, 1.807) is 0 Å². The highest BCUT2D eigenvalue weighted by molar-refractivity contribution is 7.11. The molecule has 3 N–H and O–H groups in total. The normalized spacial score (nSPS) is 11.0. The Kier molecular flexibility index (Phi) is 3.54. The summed E-state index contributed by atoms with van der Waals surface area (Å²) in [5, 5.41) is 2.65. The third-order valence-corrected chi connectivity index (χ3v) is 2.10. The minimum Gasteiger partial charge on any atom is -0.484 e. The van der Waals surface area contributed by atoms with E-state index in [4.69, 9.17) is 10.5 Å². The number of nitrogens with zero attached hydrogens (tertiary/aromatic N) is 2. The van der Waals surface area contributed by atoms with Crippen molar-refractivity contribution in [1.82, 2.24) is 9.38 Å². The maximum atomic E-state index is 5.68. The van der Waals surface area contributed by atoms with Gasteiger partial charge in [-0.1, -0.05) is 0 Å². The van der Waals surface area contributed by atoms with Gasteiger partial charge in [0, 0.05) is 14.1 Å². The van der Waals surface area contributed by atoms with Crippen LogP contribution in [0.1, 0.15) is 13.8 Å². The second kappa shape index (κ2) is 4.47. The molecule has 6 heteroatoms. The molecule has 0 radical (unpaired) electrons. The zero-order valence-electron chi connectivity index (χ0n) is 8.87. The van der Waals surface area contributed by atoms with Crippen molar-refractivity contribution < 1.29 is 4.74 Å². The molecule has 0 aliphatic carbocycles. The quantitative estimate of drug-likeness (QED) is 0.745. The number of aromatic nitrogens is 1. The smallest absolute Gasteiger partial charge is 0.199 e. The van der Waals surface area contributed by atoms with Crippen molar-refractivity contribution in [1.29, 1.82) is 0 Å². The van der Waals surface area contributed by atoms with Gasteiger partial charge in [0.1, 0.15) is 0 Å². The van der Waals surface area contributed by atoms with Crippen LogP contribution in [0.3, 0.4) is 0 Å². The summed E-state index contributed by atoms with van der Waals surface area (Å²) in [6.45, 7) is 3.91. The lowest BCUT2D eigenvalue weighted by Gasteiger charge is -2.14. The van der Waals surface area contributed by atoms with E-state index in [0.717, 1.165) is 5.00 Å². The first kappa shape index (κ1) is 11.1. The number of anilines is 2. The summed E-state index contributed by atoms with van der Waals surface area (Å²) in [5.74, 6) is 1.08. The van der Waals surface area contributed by atoms with Crippen LogP contribution < -0.4 is 15.9 Å². The summed E-state index contributed by atoms with van der Waals surface area (Å²) in [7, 11) is 3.80. The lowest BCUT2D eigenvalue weighted by atomic mass is 10.4. The second-order valence-electron chi connectivity index (χ2n) is 3.40. The van der Waals surface area contributed by atoms with Crippen molar-refractivity contribution in [2.24, 2.45) is 0 Å². The van der Waals surface area contributed by atoms with Crippen LogP contribution in [-0.2, 0) is 0 Å². The first-order chi connectivity index (χ1) is 6.50. The summed E-state index contributed by atoms with van der Waals surface area (Å²) in [5.41, 5.74) is 8.77. The highest BCUT2D eigenvalue weighted by Crippen LogP contribution is 2.35. The van der Waals surface area contributed by atoms with Crippen molar-refractivity contribution in [3.8, 4) is 5.75 Å². The molecule has 0 aliphatic rings. The standard InChI is InChI=1S/C8H16N4OS/c1-5(2)13-6-7(9)11-14-8(6)10-12(3)4/h5,10H,1-4H3,(H2,9,11). The molecular weight excluding hydrogens is 200 g/mol. The van der Waals surface area contributed by atoms with Crippen LogP contribution in [0.5, 0.6) is 5.75 Å². The lowest BCUT2D eigenvalue weighted by Crippen LogP contribution is -2.19. The van der Waals surface area contributed by atoms with Crippen LogP contribution in [0, 0.1) is 0 Å². The van der Waals surface area contributed by atoms with Crippen molar-refractivity contribution in [3.05, 3.63) is 0 Å². The van der Waals surface area contributed by atoms with E-state index in [-0.39, 0.29) is 6.10 Å². The number of hydrazine groups is 1. The van der Waals surface area contributed by atoms with Gasteiger partial charge in [-0.3, -0.25) is 0 Å². The molecule has 0 amide bonds. The molecule has 0 saturated carbocycles. The molecule has 0 aliphatic heterocycles. The zero-order chi connectivity index (χ0) is 10.7. The average molecular weight is 216 g/mol. The number of nitrogens with one attached hydrogen (secondary N) is 1. The number of hydrogen-bond donors (Lipinski definition) is 2. The Hall–Kier alpha value is -1.01. The van der Waals surface area contributed by atoms with Crippen LogP contribution >= 0.6 is 11.5 Å². The topological polar surface area (TPSA) is 63.4 Å². The molecule has 1 heterocycles. The molecule has 1 rings (SSSR count). The molecule has 5 nitrogen and oxygen atoms in total. The molecule has 0 bridgehead atoms. The third-order valence-electron chi connectivity index (χ3n) is 1.35. The van der Waals surface area contributed by atoms with Gasteiger partial charge in [-0.25, -0.2) is 5.01 Å². The lowest BCUT2D eigenvalue weighted by molar-refractivity contribution is 0.244. The highest BCUT2D eigenvalue weighted by atomic mass is 32.1. The number of ether oxygens (including phenoxy) is 1. The predicted molar refractivity (Wildman–Crippen MR) is 59.6 cm³/mol. The molecule has 0 aromatic carbocycles. The maximum Gasteiger partial charge on any atom is 0.199 e. The molecule has 0 atom stereocenters. The Morgan fingerprint density at radius 3 is 2.64 bits per heavy atom. The minimum absolute atomic E-state index is 0.0939. The third kappa shape index (κ3) is 2.74. The predicted octanol–water partition coefficient (Wildman–Crippen LogP) is 1.40. The molecule has 1 aromatic heterocycles. The van der Waals surface area contributed by atoms with Gasteiger partial charge in [-0.2, -0.15) is 4.37 Å². The zero-order valence-corrected chi connectivity index (χ0v) is 9.68. The summed E-state index contributed by atoms with van der Waals surface area (Å²) >= 11 is 1.29. The highest BCUT2D eigenvalue weighted by Gasteiger charge is 2.14. The van der Waals surface area contributed by atoms with E-state index < -0.39 is 0 Å². The average Bonchev–Trinajstić information content (AvgIpc) is 2.34. The van der Waals surface area contributed by atoms with E-state index in [2.05, 4.69) is 9.80 Å². The van der Waals surface area contributed by atoms with Crippen molar-refractivity contribution in [3.63, 3.8) is 0 Å². The molecule has 0 unspecified atom stereocenters. The molecule has 0 spiro atoms. The van der Waals surface area contributed by atoms with Crippen molar-refractivity contribution in [2.75, 3.05) is 25.3 Å². The number of nitrogens with two attached hydrogens (primary N) is 1. The Labute approximate surface area is 88.0 Å². The van der Waals surface area contributed by atoms with Gasteiger partial charge < -0.3 is 15.9 Å². The van der Waals surface area contributed by atoms with Crippen LogP contribution in [0.2, 0.25) is 0 Å². The van der Waals surface area contributed by atoms with Crippen LogP contribution in [0.4, 0.5) is 10.8 Å². The fourth-order valence-electron chi connectivity index (χ4n) is 0.918. The summed E-state index contributed by atoms with van der Waals surface area (Å²) in [4.78, 5) is 0. The summed E-state index contributed by atoms with van der Waals surface area (Å²) < 4.78 is 9.58. The largest absolute Gasteiger partial charge is 0.484 e. The molecule has 1 aromatic rings. The number of hydrogen-bond acceptors (Lipinski definition) is 6.